The predicted molar refractivity (Wildman–Crippen MR) is 161 cm³/mol. The van der Waals surface area contributed by atoms with Crippen molar-refractivity contribution in [1.82, 2.24) is 0 Å². The fraction of sp³-hybridized carbons (Fsp3) is 0.276. The summed E-state index contributed by atoms with van der Waals surface area (Å²) in [7, 11) is 0. The zero-order valence-corrected chi connectivity index (χ0v) is 26.1. The molecule has 0 saturated heterocycles. The van der Waals surface area contributed by atoms with Crippen molar-refractivity contribution in [3.63, 3.8) is 0 Å². The van der Waals surface area contributed by atoms with Crippen molar-refractivity contribution in [2.75, 3.05) is 22.6 Å². The van der Waals surface area contributed by atoms with Crippen LogP contribution in [0.3, 0.4) is 0 Å². The number of hydrogen-bond donors (Lipinski definition) is 3. The van der Waals surface area contributed by atoms with Gasteiger partial charge in [0.25, 0.3) is 11.8 Å². The van der Waals surface area contributed by atoms with E-state index in [-0.39, 0.29) is 28.4 Å². The molecule has 45 heavy (non-hydrogen) atoms. The van der Waals surface area contributed by atoms with Gasteiger partial charge in [-0.15, -0.1) is 23.2 Å². The van der Waals surface area contributed by atoms with Gasteiger partial charge in [0.2, 0.25) is 5.91 Å². The van der Waals surface area contributed by atoms with Crippen LogP contribution < -0.4 is 16.0 Å². The average molecular weight is 713 g/mol. The molecule has 1 aliphatic rings. The first-order valence-electron chi connectivity index (χ1n) is 13.0. The number of hydrogen-bond acceptors (Lipinski definition) is 4. The molecule has 3 N–H and O–H groups in total. The second-order valence-electron chi connectivity index (χ2n) is 9.88. The van der Waals surface area contributed by atoms with Gasteiger partial charge in [-0.05, 0) is 61.9 Å². The molecule has 7 nitrogen and oxygen atoms in total. The van der Waals surface area contributed by atoms with Crippen LogP contribution in [0.1, 0.15) is 41.3 Å². The molecule has 3 aromatic carbocycles. The molecule has 0 heterocycles. The molecule has 16 heteroatoms. The molecule has 4 rings (SSSR count). The molecule has 2 unspecified atom stereocenters. The minimum absolute atomic E-state index is 0.0221. The Morgan fingerprint density at radius 1 is 0.956 bits per heavy atom. The van der Waals surface area contributed by atoms with Crippen molar-refractivity contribution < 1.29 is 41.1 Å². The molecule has 240 valence electrons. The van der Waals surface area contributed by atoms with Gasteiger partial charge >= 0.3 is 6.18 Å². The number of ether oxygens (including phenoxy) is 1. The summed E-state index contributed by atoms with van der Waals surface area (Å²) in [5.74, 6) is -7.13. The van der Waals surface area contributed by atoms with Gasteiger partial charge in [-0.25, -0.2) is 8.78 Å². The van der Waals surface area contributed by atoms with E-state index < -0.39 is 79.8 Å². The molecular formula is C29H22Cl4F5N3O4. The normalized spacial score (nSPS) is 17.8. The first kappa shape index (κ1) is 34.7. The van der Waals surface area contributed by atoms with Crippen LogP contribution in [0.25, 0.3) is 0 Å². The predicted octanol–water partition coefficient (Wildman–Crippen LogP) is 8.43. The summed E-state index contributed by atoms with van der Waals surface area (Å²) in [6.07, 6.45) is -5.77. The third-order valence-corrected chi connectivity index (χ3v) is 8.44. The Bertz CT molecular complexity index is 1670. The zero-order valence-electron chi connectivity index (χ0n) is 23.1. The van der Waals surface area contributed by atoms with Gasteiger partial charge in [0, 0.05) is 18.2 Å². The number of rotatable bonds is 9. The molecule has 0 radical (unpaired) electrons. The molecule has 0 aliphatic heterocycles. The van der Waals surface area contributed by atoms with Crippen LogP contribution in [-0.4, -0.2) is 34.8 Å². The summed E-state index contributed by atoms with van der Waals surface area (Å²) in [5.41, 5.74) is -2.60. The zero-order chi connectivity index (χ0) is 33.4. The second kappa shape index (κ2) is 13.3. The number of nitrogens with one attached hydrogen (secondary N) is 3. The number of carbonyl (C=O) groups is 3. The van der Waals surface area contributed by atoms with Gasteiger partial charge in [-0.1, -0.05) is 29.3 Å². The van der Waals surface area contributed by atoms with Crippen molar-refractivity contribution in [1.29, 1.82) is 0 Å². The number of halogens is 9. The van der Waals surface area contributed by atoms with Crippen molar-refractivity contribution in [2.24, 2.45) is 5.92 Å². The highest BCUT2D eigenvalue weighted by atomic mass is 35.5. The van der Waals surface area contributed by atoms with Gasteiger partial charge in [-0.3, -0.25) is 14.4 Å². The molecule has 3 amide bonds. The third-order valence-electron chi connectivity index (χ3n) is 6.84. The van der Waals surface area contributed by atoms with Crippen molar-refractivity contribution >= 4 is 81.2 Å². The summed E-state index contributed by atoms with van der Waals surface area (Å²) in [4.78, 5) is 38.3. The van der Waals surface area contributed by atoms with Crippen LogP contribution in [0.4, 0.5) is 39.0 Å². The number of anilines is 3. The maximum atomic E-state index is 15.1. The van der Waals surface area contributed by atoms with Gasteiger partial charge < -0.3 is 20.7 Å². The summed E-state index contributed by atoms with van der Waals surface area (Å²) in [6.45, 7) is 3.20. The smallest absolute Gasteiger partial charge is 0.369 e. The lowest BCUT2D eigenvalue weighted by Gasteiger charge is -2.15. The van der Waals surface area contributed by atoms with Crippen LogP contribution in [0.5, 0.6) is 0 Å². The van der Waals surface area contributed by atoms with Crippen LogP contribution >= 0.6 is 46.4 Å². The summed E-state index contributed by atoms with van der Waals surface area (Å²) < 4.78 is 72.9. The lowest BCUT2D eigenvalue weighted by Crippen LogP contribution is -2.28. The summed E-state index contributed by atoms with van der Waals surface area (Å²) in [5, 5.41) is 6.17. The van der Waals surface area contributed by atoms with E-state index in [9.17, 15) is 31.9 Å². The van der Waals surface area contributed by atoms with Crippen LogP contribution in [0, 0.1) is 17.6 Å². The average Bonchev–Trinajstić information content (AvgIpc) is 3.54. The van der Waals surface area contributed by atoms with Crippen molar-refractivity contribution in [3.05, 3.63) is 86.9 Å². The lowest BCUT2D eigenvalue weighted by atomic mass is 10.0. The van der Waals surface area contributed by atoms with Crippen LogP contribution in [0.15, 0.2) is 48.5 Å². The highest BCUT2D eigenvalue weighted by Crippen LogP contribution is 2.65. The van der Waals surface area contributed by atoms with Gasteiger partial charge in [-0.2, -0.15) is 13.2 Å². The van der Waals surface area contributed by atoms with Crippen LogP contribution in [0.2, 0.25) is 10.0 Å². The van der Waals surface area contributed by atoms with E-state index in [1.165, 1.54) is 25.1 Å². The Hall–Kier alpha value is -3.16. The second-order valence-corrected chi connectivity index (χ2v) is 12.1. The van der Waals surface area contributed by atoms with Crippen molar-refractivity contribution in [2.45, 2.75) is 36.4 Å². The molecule has 0 bridgehead atoms. The van der Waals surface area contributed by atoms with Crippen LogP contribution in [-0.2, 0) is 20.5 Å². The van der Waals surface area contributed by atoms with E-state index in [1.54, 1.807) is 6.92 Å². The van der Waals surface area contributed by atoms with Gasteiger partial charge in [0.15, 0.2) is 5.82 Å². The Labute approximate surface area is 273 Å². The fourth-order valence-electron chi connectivity index (χ4n) is 4.52. The topological polar surface area (TPSA) is 96.5 Å². The Balaban J connectivity index is 1.51. The van der Waals surface area contributed by atoms with E-state index in [4.69, 9.17) is 51.1 Å². The SMILES string of the molecule is CCOC(C)C(=O)Nc1c(F)ccc(NC(=O)c2cc(NC(=O)C3[C@H](c4ccc(Cl)c(C(F)(F)F)c4)C3(Cl)Cl)ccc2Cl)c1F. The largest absolute Gasteiger partial charge is 0.417 e. The van der Waals surface area contributed by atoms with E-state index >= 15 is 4.39 Å². The summed E-state index contributed by atoms with van der Waals surface area (Å²) >= 11 is 24.4. The first-order valence-corrected chi connectivity index (χ1v) is 14.5. The number of carbonyl (C=O) groups excluding carboxylic acids is 3. The first-order chi connectivity index (χ1) is 21.0. The quantitative estimate of drug-likeness (QED) is 0.153. The summed E-state index contributed by atoms with van der Waals surface area (Å²) in [6, 6.07) is 8.57. The lowest BCUT2D eigenvalue weighted by molar-refractivity contribution is -0.137. The minimum atomic E-state index is -4.75. The third kappa shape index (κ3) is 7.47. The van der Waals surface area contributed by atoms with Crippen molar-refractivity contribution in [3.8, 4) is 0 Å². The Morgan fingerprint density at radius 3 is 2.27 bits per heavy atom. The molecule has 0 aromatic heterocycles. The highest BCUT2D eigenvalue weighted by molar-refractivity contribution is 6.53. The van der Waals surface area contributed by atoms with E-state index in [0.29, 0.717) is 0 Å². The van der Waals surface area contributed by atoms with E-state index in [1.807, 2.05) is 0 Å². The highest BCUT2D eigenvalue weighted by Gasteiger charge is 2.67. The monoisotopic (exact) mass is 711 g/mol. The molecule has 0 spiro atoms. The fourth-order valence-corrected chi connectivity index (χ4v) is 5.78. The van der Waals surface area contributed by atoms with E-state index in [2.05, 4.69) is 16.0 Å². The maximum absolute atomic E-state index is 15.1. The van der Waals surface area contributed by atoms with Gasteiger partial charge in [0.05, 0.1) is 32.8 Å². The van der Waals surface area contributed by atoms with Gasteiger partial charge in [0.1, 0.15) is 21.9 Å². The molecular weight excluding hydrogens is 691 g/mol. The number of amides is 3. The molecule has 1 aliphatic carbocycles. The Morgan fingerprint density at radius 2 is 1.62 bits per heavy atom. The van der Waals surface area contributed by atoms with E-state index in [0.717, 1.165) is 30.3 Å². The Kier molecular flexibility index (Phi) is 10.3. The minimum Gasteiger partial charge on any atom is -0.369 e. The maximum Gasteiger partial charge on any atom is 0.417 e. The number of alkyl halides is 5. The molecule has 1 fully saturated rings. The molecule has 3 atom stereocenters. The standard InChI is InChI=1S/C29H22Cl4F5N3O4/c1-3-45-12(2)25(42)41-24-19(34)8-9-20(23(24)35)40-26(43)15-11-14(5-7-17(15)30)39-27(44)22-21(28(22,32)33)13-4-6-18(31)16(10-13)29(36,37)38/h4-12,21-22H,3H2,1-2H3,(H,39,44)(H,40,43)(H,41,42)/t12?,21-,22?/m0/s1. The number of benzene rings is 3. The molecule has 1 saturated carbocycles. The molecule has 3 aromatic rings.